The summed E-state index contributed by atoms with van der Waals surface area (Å²) in [5.74, 6) is 0.324. The quantitative estimate of drug-likeness (QED) is 0.436. The Labute approximate surface area is 55.9 Å². The van der Waals surface area contributed by atoms with Crippen LogP contribution in [-0.4, -0.2) is 12.2 Å². The largest absolute Gasteiger partial charge is 0.513 e. The van der Waals surface area contributed by atoms with E-state index in [0.717, 1.165) is 5.70 Å². The van der Waals surface area contributed by atoms with Gasteiger partial charge in [-0.05, 0) is 26.0 Å². The van der Waals surface area contributed by atoms with Gasteiger partial charge in [0.25, 0.3) is 0 Å². The molecule has 0 aliphatic heterocycles. The molecule has 52 valence electrons. The van der Waals surface area contributed by atoms with Gasteiger partial charge in [0.2, 0.25) is 0 Å². The second kappa shape index (κ2) is 4.01. The second-order valence-electron chi connectivity index (χ2n) is 1.91. The van der Waals surface area contributed by atoms with Crippen LogP contribution >= 0.6 is 0 Å². The van der Waals surface area contributed by atoms with Crippen molar-refractivity contribution < 1.29 is 5.11 Å². The summed E-state index contributed by atoms with van der Waals surface area (Å²) in [5.41, 5.74) is 1.03. The fourth-order valence-electron chi connectivity index (χ4n) is 0.329. The first-order valence-corrected chi connectivity index (χ1v) is 2.88. The van der Waals surface area contributed by atoms with Crippen molar-refractivity contribution in [1.82, 2.24) is 5.32 Å². The van der Waals surface area contributed by atoms with Crippen LogP contribution in [0, 0.1) is 0 Å². The third-order valence-corrected chi connectivity index (χ3v) is 0.969. The van der Waals surface area contributed by atoms with Crippen LogP contribution in [0.15, 0.2) is 23.6 Å². The molecule has 0 bridgehead atoms. The highest BCUT2D eigenvalue weighted by molar-refractivity contribution is 5.10. The molecule has 0 fully saturated rings. The minimum absolute atomic E-state index is 0.324. The minimum Gasteiger partial charge on any atom is -0.513 e. The summed E-state index contributed by atoms with van der Waals surface area (Å²) in [6, 6.07) is 0. The van der Waals surface area contributed by atoms with E-state index in [4.69, 9.17) is 5.11 Å². The van der Waals surface area contributed by atoms with Crippen LogP contribution in [0.5, 0.6) is 0 Å². The molecule has 0 aromatic carbocycles. The molecule has 0 saturated heterocycles. The summed E-state index contributed by atoms with van der Waals surface area (Å²) < 4.78 is 0. The Kier molecular flexibility index (Phi) is 3.60. The number of nitrogens with one attached hydrogen (secondary N) is 1. The van der Waals surface area contributed by atoms with Crippen LogP contribution in [0.2, 0.25) is 0 Å². The number of rotatable bonds is 2. The fourth-order valence-corrected chi connectivity index (χ4v) is 0.329. The second-order valence-corrected chi connectivity index (χ2v) is 1.91. The molecule has 2 nitrogen and oxygen atoms in total. The molecular weight excluding hydrogens is 114 g/mol. The molecule has 0 unspecified atom stereocenters. The highest BCUT2D eigenvalue weighted by Crippen LogP contribution is 1.89. The van der Waals surface area contributed by atoms with Crippen LogP contribution < -0.4 is 5.32 Å². The lowest BCUT2D eigenvalue weighted by atomic mass is 10.4. The van der Waals surface area contributed by atoms with Crippen molar-refractivity contribution in [1.29, 1.82) is 0 Å². The molecule has 0 aliphatic rings. The molecule has 0 aromatic heterocycles. The fraction of sp³-hybridized carbons (Fsp3) is 0.429. The third-order valence-electron chi connectivity index (χ3n) is 0.969. The van der Waals surface area contributed by atoms with E-state index in [1.54, 1.807) is 13.0 Å². The minimum atomic E-state index is 0.324. The van der Waals surface area contributed by atoms with Crippen LogP contribution in [0.3, 0.4) is 0 Å². The van der Waals surface area contributed by atoms with E-state index in [9.17, 15) is 0 Å². The molecule has 0 spiro atoms. The van der Waals surface area contributed by atoms with Gasteiger partial charge in [0.05, 0.1) is 5.76 Å². The van der Waals surface area contributed by atoms with E-state index in [1.807, 2.05) is 20.0 Å². The van der Waals surface area contributed by atoms with Gasteiger partial charge >= 0.3 is 0 Å². The Morgan fingerprint density at radius 2 is 1.89 bits per heavy atom. The lowest BCUT2D eigenvalue weighted by molar-refractivity contribution is 0.414. The van der Waals surface area contributed by atoms with Crippen molar-refractivity contribution in [2.24, 2.45) is 0 Å². The molecule has 9 heavy (non-hydrogen) atoms. The molecular formula is C7H13NO. The van der Waals surface area contributed by atoms with Crippen LogP contribution in [0.25, 0.3) is 0 Å². The Balaban J connectivity index is 3.83. The van der Waals surface area contributed by atoms with Crippen molar-refractivity contribution in [3.05, 3.63) is 23.6 Å². The first-order chi connectivity index (χ1) is 4.16. The van der Waals surface area contributed by atoms with Gasteiger partial charge in [-0.1, -0.05) is 0 Å². The van der Waals surface area contributed by atoms with Gasteiger partial charge in [-0.15, -0.1) is 0 Å². The maximum absolute atomic E-state index is 8.69. The Morgan fingerprint density at radius 3 is 2.22 bits per heavy atom. The van der Waals surface area contributed by atoms with Gasteiger partial charge in [0.1, 0.15) is 0 Å². The van der Waals surface area contributed by atoms with Gasteiger partial charge in [0, 0.05) is 12.7 Å². The SMILES string of the molecule is CN/C(C)=C/C=C(\C)O. The number of hydrogen-bond acceptors (Lipinski definition) is 2. The Morgan fingerprint density at radius 1 is 1.33 bits per heavy atom. The number of aliphatic hydroxyl groups is 1. The smallest absolute Gasteiger partial charge is 0.0892 e. The summed E-state index contributed by atoms with van der Waals surface area (Å²) in [6.07, 6.45) is 3.46. The van der Waals surface area contributed by atoms with E-state index in [1.165, 1.54) is 0 Å². The van der Waals surface area contributed by atoms with E-state index in [0.29, 0.717) is 5.76 Å². The first-order valence-electron chi connectivity index (χ1n) is 2.88. The van der Waals surface area contributed by atoms with E-state index >= 15 is 0 Å². The lowest BCUT2D eigenvalue weighted by Crippen LogP contribution is -2.00. The van der Waals surface area contributed by atoms with Crippen molar-refractivity contribution >= 4 is 0 Å². The summed E-state index contributed by atoms with van der Waals surface area (Å²) >= 11 is 0. The first kappa shape index (κ1) is 8.08. The third kappa shape index (κ3) is 4.94. The number of aliphatic hydroxyl groups excluding tert-OH is 1. The lowest BCUT2D eigenvalue weighted by Gasteiger charge is -1.93. The molecule has 0 rings (SSSR count). The number of allylic oxidation sites excluding steroid dienone is 4. The zero-order chi connectivity index (χ0) is 7.28. The van der Waals surface area contributed by atoms with Crippen molar-refractivity contribution in [3.63, 3.8) is 0 Å². The topological polar surface area (TPSA) is 32.3 Å². The average molecular weight is 127 g/mol. The predicted octanol–water partition coefficient (Wildman–Crippen LogP) is 1.57. The average Bonchev–Trinajstić information content (AvgIpc) is 1.83. The molecule has 2 N–H and O–H groups in total. The van der Waals surface area contributed by atoms with E-state index in [2.05, 4.69) is 5.32 Å². The van der Waals surface area contributed by atoms with Crippen molar-refractivity contribution in [3.8, 4) is 0 Å². The van der Waals surface area contributed by atoms with Crippen LogP contribution in [-0.2, 0) is 0 Å². The summed E-state index contributed by atoms with van der Waals surface area (Å²) in [7, 11) is 1.84. The summed E-state index contributed by atoms with van der Waals surface area (Å²) in [5, 5.41) is 11.6. The Hall–Kier alpha value is -0.920. The normalized spacial score (nSPS) is 13.7. The van der Waals surface area contributed by atoms with Gasteiger partial charge in [0.15, 0.2) is 0 Å². The van der Waals surface area contributed by atoms with Crippen molar-refractivity contribution in [2.75, 3.05) is 7.05 Å². The van der Waals surface area contributed by atoms with Gasteiger partial charge in [-0.3, -0.25) is 0 Å². The van der Waals surface area contributed by atoms with Crippen molar-refractivity contribution in [2.45, 2.75) is 13.8 Å². The molecule has 0 radical (unpaired) electrons. The van der Waals surface area contributed by atoms with Gasteiger partial charge in [-0.2, -0.15) is 0 Å². The monoisotopic (exact) mass is 127 g/mol. The zero-order valence-corrected chi connectivity index (χ0v) is 6.10. The van der Waals surface area contributed by atoms with E-state index in [-0.39, 0.29) is 0 Å². The summed E-state index contributed by atoms with van der Waals surface area (Å²) in [6.45, 7) is 3.57. The molecule has 2 heteroatoms. The maximum Gasteiger partial charge on any atom is 0.0892 e. The summed E-state index contributed by atoms with van der Waals surface area (Å²) in [4.78, 5) is 0. The predicted molar refractivity (Wildman–Crippen MR) is 39.2 cm³/mol. The maximum atomic E-state index is 8.69. The molecule has 0 saturated carbocycles. The molecule has 0 aromatic rings. The molecule has 0 amide bonds. The number of hydrogen-bond donors (Lipinski definition) is 2. The molecule has 0 atom stereocenters. The van der Waals surface area contributed by atoms with Crippen LogP contribution in [0.4, 0.5) is 0 Å². The van der Waals surface area contributed by atoms with Crippen LogP contribution in [0.1, 0.15) is 13.8 Å². The molecule has 0 aliphatic carbocycles. The molecule has 0 heterocycles. The Bertz CT molecular complexity index is 132. The zero-order valence-electron chi connectivity index (χ0n) is 6.10. The highest BCUT2D eigenvalue weighted by atomic mass is 16.3. The van der Waals surface area contributed by atoms with Gasteiger partial charge in [-0.25, -0.2) is 0 Å². The highest BCUT2D eigenvalue weighted by Gasteiger charge is 1.77. The standard InChI is InChI=1S/C7H13NO/c1-6(8-3)4-5-7(2)9/h4-5,8-9H,1-3H3/b6-4+,7-5+. The van der Waals surface area contributed by atoms with E-state index < -0.39 is 0 Å². The van der Waals surface area contributed by atoms with Gasteiger partial charge < -0.3 is 10.4 Å².